The summed E-state index contributed by atoms with van der Waals surface area (Å²) in [5, 5.41) is 8.40. The van der Waals surface area contributed by atoms with E-state index in [1.165, 1.54) is 11.3 Å². The molecule has 1 aromatic carbocycles. The van der Waals surface area contributed by atoms with Gasteiger partial charge in [-0.05, 0) is 49.1 Å². The SMILES string of the molecule is Cc1nn(CC(C)C)c2sc(C(=O)Oc3ccc4c(c3)CCC(=O)N4)cc12. The fourth-order valence-corrected chi connectivity index (χ4v) is 4.31. The highest BCUT2D eigenvalue weighted by Crippen LogP contribution is 2.31. The molecule has 3 heterocycles. The summed E-state index contributed by atoms with van der Waals surface area (Å²) in [6.45, 7) is 7.06. The minimum atomic E-state index is -0.369. The molecule has 0 fully saturated rings. The summed E-state index contributed by atoms with van der Waals surface area (Å²) in [4.78, 5) is 25.7. The van der Waals surface area contributed by atoms with Gasteiger partial charge in [-0.1, -0.05) is 13.8 Å². The molecule has 1 N–H and O–H groups in total. The fraction of sp³-hybridized carbons (Fsp3) is 0.350. The summed E-state index contributed by atoms with van der Waals surface area (Å²) in [6.07, 6.45) is 1.10. The molecule has 0 unspecified atom stereocenters. The monoisotopic (exact) mass is 383 g/mol. The Hall–Kier alpha value is -2.67. The average Bonchev–Trinajstić information content (AvgIpc) is 3.16. The van der Waals surface area contributed by atoms with Gasteiger partial charge in [0.2, 0.25) is 5.91 Å². The minimum Gasteiger partial charge on any atom is -0.422 e. The first-order valence-corrected chi connectivity index (χ1v) is 9.84. The van der Waals surface area contributed by atoms with Crippen molar-refractivity contribution in [2.24, 2.45) is 5.92 Å². The lowest BCUT2D eigenvalue weighted by atomic mass is 10.0. The number of nitrogens with zero attached hydrogens (tertiary/aromatic N) is 2. The number of esters is 1. The Morgan fingerprint density at radius 3 is 2.93 bits per heavy atom. The van der Waals surface area contributed by atoms with Crippen LogP contribution in [0.25, 0.3) is 10.2 Å². The highest BCUT2D eigenvalue weighted by Gasteiger charge is 2.20. The van der Waals surface area contributed by atoms with Crippen LogP contribution in [-0.2, 0) is 17.8 Å². The Morgan fingerprint density at radius 1 is 1.33 bits per heavy atom. The van der Waals surface area contributed by atoms with Crippen molar-refractivity contribution in [2.45, 2.75) is 40.2 Å². The lowest BCUT2D eigenvalue weighted by Crippen LogP contribution is -2.19. The molecule has 7 heteroatoms. The number of rotatable bonds is 4. The number of hydrogen-bond donors (Lipinski definition) is 1. The van der Waals surface area contributed by atoms with Crippen molar-refractivity contribution in [3.05, 3.63) is 40.4 Å². The molecule has 1 aliphatic heterocycles. The van der Waals surface area contributed by atoms with Crippen LogP contribution in [0.4, 0.5) is 5.69 Å². The van der Waals surface area contributed by atoms with Crippen molar-refractivity contribution < 1.29 is 14.3 Å². The number of fused-ring (bicyclic) bond motifs is 2. The van der Waals surface area contributed by atoms with E-state index < -0.39 is 0 Å². The van der Waals surface area contributed by atoms with Crippen molar-refractivity contribution in [2.75, 3.05) is 5.32 Å². The number of thiophene rings is 1. The molecule has 6 nitrogen and oxygen atoms in total. The summed E-state index contributed by atoms with van der Waals surface area (Å²) in [7, 11) is 0. The first-order valence-electron chi connectivity index (χ1n) is 9.02. The summed E-state index contributed by atoms with van der Waals surface area (Å²) in [5.74, 6) is 0.615. The second kappa shape index (κ2) is 6.81. The van der Waals surface area contributed by atoms with Gasteiger partial charge in [-0.2, -0.15) is 5.10 Å². The van der Waals surface area contributed by atoms with Gasteiger partial charge in [-0.15, -0.1) is 11.3 Å². The molecule has 4 rings (SSSR count). The lowest BCUT2D eigenvalue weighted by molar-refractivity contribution is -0.116. The van der Waals surface area contributed by atoms with E-state index in [1.807, 2.05) is 23.7 Å². The van der Waals surface area contributed by atoms with Gasteiger partial charge in [0, 0.05) is 24.0 Å². The molecule has 0 atom stereocenters. The number of benzene rings is 1. The molecule has 0 saturated carbocycles. The van der Waals surface area contributed by atoms with Crippen molar-refractivity contribution in [3.63, 3.8) is 0 Å². The van der Waals surface area contributed by atoms with Gasteiger partial charge < -0.3 is 10.1 Å². The normalized spacial score (nSPS) is 13.7. The van der Waals surface area contributed by atoms with E-state index in [9.17, 15) is 9.59 Å². The van der Waals surface area contributed by atoms with Crippen LogP contribution in [0.5, 0.6) is 5.75 Å². The molecule has 0 aliphatic carbocycles. The van der Waals surface area contributed by atoms with E-state index in [0.29, 0.717) is 29.4 Å². The van der Waals surface area contributed by atoms with Crippen LogP contribution in [0.2, 0.25) is 0 Å². The topological polar surface area (TPSA) is 73.2 Å². The van der Waals surface area contributed by atoms with Crippen LogP contribution in [-0.4, -0.2) is 21.7 Å². The molecule has 0 saturated heterocycles. The largest absolute Gasteiger partial charge is 0.422 e. The van der Waals surface area contributed by atoms with E-state index in [0.717, 1.165) is 33.7 Å². The van der Waals surface area contributed by atoms with Gasteiger partial charge in [-0.3, -0.25) is 9.48 Å². The number of carbonyl (C=O) groups is 2. The minimum absolute atomic E-state index is 0.0170. The number of anilines is 1. The van der Waals surface area contributed by atoms with Crippen molar-refractivity contribution in [3.8, 4) is 5.75 Å². The molecule has 3 aromatic rings. The van der Waals surface area contributed by atoms with Gasteiger partial charge >= 0.3 is 5.97 Å². The number of ether oxygens (including phenoxy) is 1. The summed E-state index contributed by atoms with van der Waals surface area (Å²) in [5.41, 5.74) is 2.70. The summed E-state index contributed by atoms with van der Waals surface area (Å²) >= 11 is 1.41. The highest BCUT2D eigenvalue weighted by atomic mass is 32.1. The number of nitrogens with one attached hydrogen (secondary N) is 1. The maximum atomic E-state index is 12.6. The zero-order chi connectivity index (χ0) is 19.1. The van der Waals surface area contributed by atoms with E-state index in [2.05, 4.69) is 24.3 Å². The third-order valence-corrected chi connectivity index (χ3v) is 5.66. The summed E-state index contributed by atoms with van der Waals surface area (Å²) < 4.78 is 7.55. The molecular formula is C20H21N3O3S. The molecule has 0 bridgehead atoms. The van der Waals surface area contributed by atoms with Gasteiger partial charge in [0.05, 0.1) is 5.69 Å². The van der Waals surface area contributed by atoms with E-state index in [1.54, 1.807) is 12.1 Å². The third-order valence-electron chi connectivity index (χ3n) is 4.53. The van der Waals surface area contributed by atoms with Gasteiger partial charge in [0.25, 0.3) is 0 Å². The highest BCUT2D eigenvalue weighted by molar-refractivity contribution is 7.20. The predicted octanol–water partition coefficient (Wildman–Crippen LogP) is 4.17. The average molecular weight is 383 g/mol. The van der Waals surface area contributed by atoms with E-state index in [-0.39, 0.29) is 11.9 Å². The van der Waals surface area contributed by atoms with Crippen LogP contribution >= 0.6 is 11.3 Å². The number of aryl methyl sites for hydroxylation is 2. The number of aromatic nitrogens is 2. The molecule has 0 radical (unpaired) electrons. The Labute approximate surface area is 161 Å². The Kier molecular flexibility index (Phi) is 4.47. The van der Waals surface area contributed by atoms with Crippen molar-refractivity contribution in [1.82, 2.24) is 9.78 Å². The number of hydrogen-bond acceptors (Lipinski definition) is 5. The molecule has 1 amide bonds. The third kappa shape index (κ3) is 3.47. The predicted molar refractivity (Wildman–Crippen MR) is 106 cm³/mol. The second-order valence-electron chi connectivity index (χ2n) is 7.25. The quantitative estimate of drug-likeness (QED) is 0.542. The fourth-order valence-electron chi connectivity index (χ4n) is 3.26. The number of carbonyl (C=O) groups excluding carboxylic acids is 2. The van der Waals surface area contributed by atoms with Crippen molar-refractivity contribution >= 4 is 39.1 Å². The van der Waals surface area contributed by atoms with E-state index >= 15 is 0 Å². The van der Waals surface area contributed by atoms with Gasteiger partial charge in [0.1, 0.15) is 15.5 Å². The first kappa shape index (κ1) is 17.7. The zero-order valence-corrected chi connectivity index (χ0v) is 16.4. The van der Waals surface area contributed by atoms with Crippen LogP contribution in [0.15, 0.2) is 24.3 Å². The van der Waals surface area contributed by atoms with Gasteiger partial charge in [0.15, 0.2) is 0 Å². The Balaban J connectivity index is 1.57. The van der Waals surface area contributed by atoms with Crippen LogP contribution in [0, 0.1) is 12.8 Å². The number of amides is 1. The molecule has 27 heavy (non-hydrogen) atoms. The molecular weight excluding hydrogens is 362 g/mol. The maximum Gasteiger partial charge on any atom is 0.353 e. The smallest absolute Gasteiger partial charge is 0.353 e. The van der Waals surface area contributed by atoms with Crippen LogP contribution < -0.4 is 10.1 Å². The lowest BCUT2D eigenvalue weighted by Gasteiger charge is -2.17. The zero-order valence-electron chi connectivity index (χ0n) is 15.5. The molecule has 0 spiro atoms. The molecule has 140 valence electrons. The second-order valence-corrected chi connectivity index (χ2v) is 8.28. The van der Waals surface area contributed by atoms with Crippen molar-refractivity contribution in [1.29, 1.82) is 0 Å². The maximum absolute atomic E-state index is 12.6. The first-order chi connectivity index (χ1) is 12.9. The standard InChI is InChI=1S/C20H21N3O3S/c1-11(2)10-23-19-15(12(3)22-23)9-17(27-19)20(25)26-14-5-6-16-13(8-14)4-7-18(24)21-16/h5-6,8-9,11H,4,7,10H2,1-3H3,(H,21,24). The summed E-state index contributed by atoms with van der Waals surface area (Å²) in [6, 6.07) is 7.18. The molecule has 2 aromatic heterocycles. The van der Waals surface area contributed by atoms with E-state index in [4.69, 9.17) is 4.74 Å². The Morgan fingerprint density at radius 2 is 2.15 bits per heavy atom. The molecule has 1 aliphatic rings. The Bertz CT molecular complexity index is 1050. The van der Waals surface area contributed by atoms with Gasteiger partial charge in [-0.25, -0.2) is 4.79 Å². The van der Waals surface area contributed by atoms with Crippen LogP contribution in [0.3, 0.4) is 0 Å². The van der Waals surface area contributed by atoms with Crippen LogP contribution in [0.1, 0.15) is 41.2 Å².